The van der Waals surface area contributed by atoms with E-state index in [9.17, 15) is 0 Å². The lowest BCUT2D eigenvalue weighted by Gasteiger charge is -2.05. The number of aromatic nitrogens is 2. The average molecular weight is 255 g/mol. The van der Waals surface area contributed by atoms with Crippen molar-refractivity contribution in [2.24, 2.45) is 5.73 Å². The van der Waals surface area contributed by atoms with Crippen molar-refractivity contribution in [3.63, 3.8) is 0 Å². The molecule has 0 aliphatic rings. The second-order valence-corrected chi connectivity index (χ2v) is 4.24. The van der Waals surface area contributed by atoms with E-state index >= 15 is 0 Å². The molecule has 96 valence electrons. The first-order valence-corrected chi connectivity index (χ1v) is 5.94. The quantitative estimate of drug-likeness (QED) is 0.778. The van der Waals surface area contributed by atoms with Crippen LogP contribution in [0.3, 0.4) is 0 Å². The Bertz CT molecular complexity index is 673. The normalized spacial score (nSPS) is 12.5. The van der Waals surface area contributed by atoms with Gasteiger partial charge in [-0.3, -0.25) is 0 Å². The maximum Gasteiger partial charge on any atom is 0.248 e. The third kappa shape index (κ3) is 2.15. The van der Waals surface area contributed by atoms with Gasteiger partial charge in [0.05, 0.1) is 11.8 Å². The number of nitrogens with zero attached hydrogens (tertiary/aromatic N) is 2. The molecule has 0 aliphatic heterocycles. The molecular weight excluding hydrogens is 242 g/mol. The first kappa shape index (κ1) is 11.7. The summed E-state index contributed by atoms with van der Waals surface area (Å²) in [5.41, 5.74) is 7.85. The van der Waals surface area contributed by atoms with Crippen molar-refractivity contribution >= 4 is 0 Å². The lowest BCUT2D eigenvalue weighted by molar-refractivity contribution is 0.367. The molecule has 0 saturated heterocycles. The zero-order chi connectivity index (χ0) is 13.2. The standard InChI is InChI=1S/C14H13N3O2/c1-9-11(7-8-18-9)13-16-14(19-17-13)12(15)10-5-3-2-4-6-10/h2-8,12H,15H2,1H3/t12-/m1/s1. The van der Waals surface area contributed by atoms with Crippen LogP contribution in [-0.4, -0.2) is 10.1 Å². The smallest absolute Gasteiger partial charge is 0.248 e. The van der Waals surface area contributed by atoms with Crippen LogP contribution >= 0.6 is 0 Å². The van der Waals surface area contributed by atoms with Crippen LogP contribution in [0.25, 0.3) is 11.4 Å². The molecule has 0 amide bonds. The molecule has 3 rings (SSSR count). The summed E-state index contributed by atoms with van der Waals surface area (Å²) >= 11 is 0. The van der Waals surface area contributed by atoms with Gasteiger partial charge in [-0.1, -0.05) is 35.5 Å². The van der Waals surface area contributed by atoms with Gasteiger partial charge in [-0.2, -0.15) is 4.98 Å². The first-order chi connectivity index (χ1) is 9.25. The fourth-order valence-corrected chi connectivity index (χ4v) is 1.89. The van der Waals surface area contributed by atoms with E-state index in [1.54, 1.807) is 12.3 Å². The minimum absolute atomic E-state index is 0.391. The Morgan fingerprint density at radius 2 is 1.95 bits per heavy atom. The molecule has 0 aliphatic carbocycles. The fourth-order valence-electron chi connectivity index (χ4n) is 1.89. The maximum absolute atomic E-state index is 6.10. The van der Waals surface area contributed by atoms with Crippen LogP contribution in [0.1, 0.15) is 23.3 Å². The second kappa shape index (κ2) is 4.70. The molecule has 0 unspecified atom stereocenters. The van der Waals surface area contributed by atoms with Crippen LogP contribution in [-0.2, 0) is 0 Å². The molecule has 2 heterocycles. The predicted molar refractivity (Wildman–Crippen MR) is 69.2 cm³/mol. The number of furan rings is 1. The molecule has 0 radical (unpaired) electrons. The molecule has 5 nitrogen and oxygen atoms in total. The van der Waals surface area contributed by atoms with Crippen LogP contribution in [0, 0.1) is 6.92 Å². The third-order valence-corrected chi connectivity index (χ3v) is 2.97. The number of rotatable bonds is 3. The summed E-state index contributed by atoms with van der Waals surface area (Å²) in [4.78, 5) is 4.33. The molecule has 2 aromatic heterocycles. The van der Waals surface area contributed by atoms with E-state index in [2.05, 4.69) is 10.1 Å². The SMILES string of the molecule is Cc1occc1-c1noc([C@H](N)c2ccccc2)n1. The summed E-state index contributed by atoms with van der Waals surface area (Å²) in [6, 6.07) is 11.0. The maximum atomic E-state index is 6.10. The van der Waals surface area contributed by atoms with E-state index < -0.39 is 6.04 Å². The summed E-state index contributed by atoms with van der Waals surface area (Å²) < 4.78 is 10.5. The van der Waals surface area contributed by atoms with Crippen LogP contribution in [0.2, 0.25) is 0 Å². The molecule has 0 fully saturated rings. The van der Waals surface area contributed by atoms with Crippen molar-refractivity contribution in [1.82, 2.24) is 10.1 Å². The van der Waals surface area contributed by atoms with Gasteiger partial charge >= 0.3 is 0 Å². The van der Waals surface area contributed by atoms with Crippen LogP contribution < -0.4 is 5.73 Å². The highest BCUT2D eigenvalue weighted by Crippen LogP contribution is 2.24. The molecule has 19 heavy (non-hydrogen) atoms. The Morgan fingerprint density at radius 3 is 2.63 bits per heavy atom. The van der Waals surface area contributed by atoms with Gasteiger partial charge in [0.1, 0.15) is 11.8 Å². The van der Waals surface area contributed by atoms with Gasteiger partial charge in [-0.25, -0.2) is 0 Å². The van der Waals surface area contributed by atoms with E-state index in [0.717, 1.165) is 16.9 Å². The van der Waals surface area contributed by atoms with Gasteiger partial charge in [0.15, 0.2) is 0 Å². The highest BCUT2D eigenvalue weighted by atomic mass is 16.5. The Labute approximate surface area is 110 Å². The topological polar surface area (TPSA) is 78.1 Å². The van der Waals surface area contributed by atoms with Crippen LogP contribution in [0.4, 0.5) is 0 Å². The second-order valence-electron chi connectivity index (χ2n) is 4.24. The highest BCUT2D eigenvalue weighted by molar-refractivity contribution is 5.56. The Hall–Kier alpha value is -2.40. The van der Waals surface area contributed by atoms with Gasteiger partial charge in [0, 0.05) is 0 Å². The Balaban J connectivity index is 1.92. The minimum atomic E-state index is -0.422. The van der Waals surface area contributed by atoms with Gasteiger partial charge in [0.25, 0.3) is 0 Å². The lowest BCUT2D eigenvalue weighted by atomic mass is 10.1. The molecule has 3 aromatic rings. The molecular formula is C14H13N3O2. The number of hydrogen-bond acceptors (Lipinski definition) is 5. The van der Waals surface area contributed by atoms with E-state index in [-0.39, 0.29) is 0 Å². The van der Waals surface area contributed by atoms with E-state index in [4.69, 9.17) is 14.7 Å². The van der Waals surface area contributed by atoms with Gasteiger partial charge in [0.2, 0.25) is 11.7 Å². The number of nitrogens with two attached hydrogens (primary N) is 1. The monoisotopic (exact) mass is 255 g/mol. The van der Waals surface area contributed by atoms with Crippen molar-refractivity contribution < 1.29 is 8.94 Å². The Kier molecular flexibility index (Phi) is 2.89. The summed E-state index contributed by atoms with van der Waals surface area (Å²) in [5.74, 6) is 1.63. The van der Waals surface area contributed by atoms with Gasteiger partial charge < -0.3 is 14.7 Å². The summed E-state index contributed by atoms with van der Waals surface area (Å²) in [5, 5.41) is 3.94. The summed E-state index contributed by atoms with van der Waals surface area (Å²) in [7, 11) is 0. The van der Waals surface area contributed by atoms with E-state index in [1.165, 1.54) is 0 Å². The predicted octanol–water partition coefficient (Wildman–Crippen LogP) is 2.69. The van der Waals surface area contributed by atoms with Crippen molar-refractivity contribution in [2.75, 3.05) is 0 Å². The third-order valence-electron chi connectivity index (χ3n) is 2.97. The van der Waals surface area contributed by atoms with Crippen LogP contribution in [0.5, 0.6) is 0 Å². The zero-order valence-electron chi connectivity index (χ0n) is 10.4. The van der Waals surface area contributed by atoms with Crippen LogP contribution in [0.15, 0.2) is 51.6 Å². The first-order valence-electron chi connectivity index (χ1n) is 5.94. The molecule has 0 bridgehead atoms. The fraction of sp³-hybridized carbons (Fsp3) is 0.143. The molecule has 0 spiro atoms. The molecule has 5 heteroatoms. The van der Waals surface area contributed by atoms with E-state index in [0.29, 0.717) is 11.7 Å². The number of benzene rings is 1. The zero-order valence-corrected chi connectivity index (χ0v) is 10.4. The molecule has 0 saturated carbocycles. The molecule has 2 N–H and O–H groups in total. The van der Waals surface area contributed by atoms with Crippen molar-refractivity contribution in [1.29, 1.82) is 0 Å². The summed E-state index contributed by atoms with van der Waals surface area (Å²) in [6.07, 6.45) is 1.60. The number of aryl methyl sites for hydroxylation is 1. The molecule has 1 aromatic carbocycles. The number of hydrogen-bond donors (Lipinski definition) is 1. The van der Waals surface area contributed by atoms with Crippen molar-refractivity contribution in [3.8, 4) is 11.4 Å². The van der Waals surface area contributed by atoms with Gasteiger partial charge in [-0.15, -0.1) is 0 Å². The highest BCUT2D eigenvalue weighted by Gasteiger charge is 2.18. The Morgan fingerprint density at radius 1 is 1.16 bits per heavy atom. The average Bonchev–Trinajstić information content (AvgIpc) is 3.07. The minimum Gasteiger partial charge on any atom is -0.469 e. The summed E-state index contributed by atoms with van der Waals surface area (Å²) in [6.45, 7) is 1.85. The van der Waals surface area contributed by atoms with E-state index in [1.807, 2.05) is 37.3 Å². The largest absolute Gasteiger partial charge is 0.469 e. The van der Waals surface area contributed by atoms with Gasteiger partial charge in [-0.05, 0) is 18.6 Å². The van der Waals surface area contributed by atoms with Crippen molar-refractivity contribution in [2.45, 2.75) is 13.0 Å². The molecule has 1 atom stereocenters. The lowest BCUT2D eigenvalue weighted by Crippen LogP contribution is -2.11. The van der Waals surface area contributed by atoms with Crippen molar-refractivity contribution in [3.05, 3.63) is 59.9 Å².